The zero-order valence-corrected chi connectivity index (χ0v) is 14.0. The number of aliphatic hydroxyl groups is 2. The van der Waals surface area contributed by atoms with Crippen LogP contribution < -0.4 is 4.74 Å². The van der Waals surface area contributed by atoms with E-state index in [1.807, 2.05) is 24.3 Å². The summed E-state index contributed by atoms with van der Waals surface area (Å²) in [5.74, 6) is 1.37. The van der Waals surface area contributed by atoms with Gasteiger partial charge in [-0.15, -0.1) is 0 Å². The molecule has 2 N–H and O–H groups in total. The van der Waals surface area contributed by atoms with Gasteiger partial charge in [-0.1, -0.05) is 12.1 Å². The molecule has 6 heteroatoms. The second kappa shape index (κ2) is 6.84. The van der Waals surface area contributed by atoms with Crippen LogP contribution in [-0.2, 0) is 6.54 Å². The fraction of sp³-hybridized carbons (Fsp3) is 0.444. The van der Waals surface area contributed by atoms with Crippen LogP contribution in [-0.4, -0.2) is 57.0 Å². The monoisotopic (exact) mass is 329 g/mol. The number of ether oxygens (including phenoxy) is 1. The van der Waals surface area contributed by atoms with Gasteiger partial charge in [-0.25, -0.2) is 9.97 Å². The molecule has 3 rings (SSSR count). The highest BCUT2D eigenvalue weighted by atomic mass is 16.5. The molecule has 0 unspecified atom stereocenters. The molecule has 1 aromatic heterocycles. The Hall–Kier alpha value is -2.02. The summed E-state index contributed by atoms with van der Waals surface area (Å²) >= 11 is 0. The molecule has 2 heterocycles. The topological polar surface area (TPSA) is 78.7 Å². The molecule has 0 aliphatic carbocycles. The second-order valence-electron chi connectivity index (χ2n) is 6.47. The molecule has 0 radical (unpaired) electrons. The molecular weight excluding hydrogens is 306 g/mol. The van der Waals surface area contributed by atoms with E-state index in [-0.39, 0.29) is 0 Å². The Morgan fingerprint density at radius 1 is 1.29 bits per heavy atom. The van der Waals surface area contributed by atoms with Crippen LogP contribution in [0.1, 0.15) is 18.9 Å². The number of benzene rings is 1. The van der Waals surface area contributed by atoms with Gasteiger partial charge < -0.3 is 14.9 Å². The van der Waals surface area contributed by atoms with Crippen molar-refractivity contribution in [2.75, 3.05) is 20.2 Å². The Labute approximate surface area is 141 Å². The Balaban J connectivity index is 1.69. The van der Waals surface area contributed by atoms with Crippen molar-refractivity contribution in [1.29, 1.82) is 0 Å². The number of methoxy groups -OCH3 is 1. The number of rotatable bonds is 4. The highest BCUT2D eigenvalue weighted by Crippen LogP contribution is 2.27. The lowest BCUT2D eigenvalue weighted by Crippen LogP contribution is -2.53. The summed E-state index contributed by atoms with van der Waals surface area (Å²) in [7, 11) is 1.63. The molecule has 128 valence electrons. The number of hydrogen-bond donors (Lipinski definition) is 2. The summed E-state index contributed by atoms with van der Waals surface area (Å²) in [4.78, 5) is 11.0. The fourth-order valence-electron chi connectivity index (χ4n) is 2.89. The van der Waals surface area contributed by atoms with Crippen LogP contribution in [0.5, 0.6) is 5.75 Å². The lowest BCUT2D eigenvalue weighted by atomic mass is 9.90. The molecular formula is C18H23N3O3. The normalized spacial score (nSPS) is 24.8. The average Bonchev–Trinajstić information content (AvgIpc) is 2.59. The lowest BCUT2D eigenvalue weighted by Gasteiger charge is -2.39. The molecule has 2 atom stereocenters. The number of nitrogens with zero attached hydrogens (tertiary/aromatic N) is 3. The number of para-hydroxylation sites is 1. The van der Waals surface area contributed by atoms with Crippen LogP contribution in [0.2, 0.25) is 0 Å². The van der Waals surface area contributed by atoms with Gasteiger partial charge in [-0.2, -0.15) is 0 Å². The van der Waals surface area contributed by atoms with Gasteiger partial charge in [0.1, 0.15) is 5.75 Å². The van der Waals surface area contributed by atoms with Crippen molar-refractivity contribution in [3.63, 3.8) is 0 Å². The van der Waals surface area contributed by atoms with Crippen LogP contribution >= 0.6 is 0 Å². The Morgan fingerprint density at radius 3 is 2.67 bits per heavy atom. The molecule has 0 spiro atoms. The third-order valence-corrected chi connectivity index (χ3v) is 4.54. The molecule has 24 heavy (non-hydrogen) atoms. The molecule has 1 fully saturated rings. The highest BCUT2D eigenvalue weighted by Gasteiger charge is 2.36. The van der Waals surface area contributed by atoms with E-state index >= 15 is 0 Å². The van der Waals surface area contributed by atoms with E-state index < -0.39 is 11.7 Å². The summed E-state index contributed by atoms with van der Waals surface area (Å²) in [5.41, 5.74) is 0.833. The molecule has 0 amide bonds. The van der Waals surface area contributed by atoms with Gasteiger partial charge in [0.25, 0.3) is 0 Å². The predicted molar refractivity (Wildman–Crippen MR) is 90.5 cm³/mol. The Bertz CT molecular complexity index is 688. The molecule has 0 saturated carbocycles. The molecule has 6 nitrogen and oxygen atoms in total. The van der Waals surface area contributed by atoms with Gasteiger partial charge in [-0.05, 0) is 25.5 Å². The molecule has 1 saturated heterocycles. The third kappa shape index (κ3) is 3.56. The van der Waals surface area contributed by atoms with E-state index in [1.165, 1.54) is 0 Å². The molecule has 1 aromatic carbocycles. The number of aromatic nitrogens is 2. The van der Waals surface area contributed by atoms with Gasteiger partial charge in [0, 0.05) is 37.6 Å². The Kier molecular flexibility index (Phi) is 4.80. The number of hydrogen-bond acceptors (Lipinski definition) is 6. The predicted octanol–water partition coefficient (Wildman–Crippen LogP) is 1.47. The van der Waals surface area contributed by atoms with Gasteiger partial charge >= 0.3 is 0 Å². The van der Waals surface area contributed by atoms with Crippen LogP contribution in [0.15, 0.2) is 36.7 Å². The third-order valence-electron chi connectivity index (χ3n) is 4.54. The maximum Gasteiger partial charge on any atom is 0.162 e. The average molecular weight is 329 g/mol. The van der Waals surface area contributed by atoms with Gasteiger partial charge in [0.2, 0.25) is 0 Å². The summed E-state index contributed by atoms with van der Waals surface area (Å²) < 4.78 is 5.34. The van der Waals surface area contributed by atoms with Gasteiger partial charge in [0.05, 0.1) is 24.4 Å². The molecule has 2 aromatic rings. The van der Waals surface area contributed by atoms with Crippen LogP contribution in [0.4, 0.5) is 0 Å². The first-order valence-electron chi connectivity index (χ1n) is 8.07. The van der Waals surface area contributed by atoms with Crippen LogP contribution in [0, 0.1) is 0 Å². The van der Waals surface area contributed by atoms with E-state index in [0.717, 1.165) is 23.4 Å². The zero-order valence-electron chi connectivity index (χ0n) is 14.0. The van der Waals surface area contributed by atoms with E-state index in [9.17, 15) is 10.2 Å². The smallest absolute Gasteiger partial charge is 0.162 e. The number of β-amino-alcohol motifs (C(OH)–C–C–N with tert-alkyl or cyclic N) is 1. The van der Waals surface area contributed by atoms with Crippen molar-refractivity contribution < 1.29 is 14.9 Å². The fourth-order valence-corrected chi connectivity index (χ4v) is 2.89. The number of likely N-dealkylation sites (tertiary alicyclic amines) is 1. The summed E-state index contributed by atoms with van der Waals surface area (Å²) in [6.07, 6.45) is 3.41. The molecule has 1 aliphatic heterocycles. The first-order valence-corrected chi connectivity index (χ1v) is 8.07. The first kappa shape index (κ1) is 16.8. The van der Waals surface area contributed by atoms with Crippen molar-refractivity contribution in [2.45, 2.75) is 31.6 Å². The van der Waals surface area contributed by atoms with Gasteiger partial charge in [0.15, 0.2) is 5.82 Å². The minimum atomic E-state index is -0.999. The Morgan fingerprint density at radius 2 is 2.00 bits per heavy atom. The number of aliphatic hydroxyl groups excluding tert-OH is 1. The quantitative estimate of drug-likeness (QED) is 0.884. The van der Waals surface area contributed by atoms with E-state index in [1.54, 1.807) is 26.4 Å². The van der Waals surface area contributed by atoms with E-state index in [0.29, 0.717) is 25.3 Å². The van der Waals surface area contributed by atoms with Crippen molar-refractivity contribution in [2.24, 2.45) is 0 Å². The summed E-state index contributed by atoms with van der Waals surface area (Å²) in [6.45, 7) is 3.51. The molecule has 0 bridgehead atoms. The largest absolute Gasteiger partial charge is 0.496 e. The maximum atomic E-state index is 10.0. The van der Waals surface area contributed by atoms with Crippen LogP contribution in [0.25, 0.3) is 11.4 Å². The SMILES string of the molecule is COc1ccccc1-c1ncc(CN2CC[C@](C)(O)[C@@H](O)C2)cn1. The minimum Gasteiger partial charge on any atom is -0.496 e. The van der Waals surface area contributed by atoms with Crippen molar-refractivity contribution >= 4 is 0 Å². The summed E-state index contributed by atoms with van der Waals surface area (Å²) in [6, 6.07) is 7.65. The van der Waals surface area contributed by atoms with E-state index in [2.05, 4.69) is 14.9 Å². The van der Waals surface area contributed by atoms with Gasteiger partial charge in [-0.3, -0.25) is 4.90 Å². The maximum absolute atomic E-state index is 10.0. The lowest BCUT2D eigenvalue weighted by molar-refractivity contribution is -0.108. The first-order chi connectivity index (χ1) is 11.5. The van der Waals surface area contributed by atoms with Crippen molar-refractivity contribution in [3.05, 3.63) is 42.2 Å². The standard InChI is InChI=1S/C18H23N3O3/c1-18(23)7-8-21(12-16(18)22)11-13-9-19-17(20-10-13)14-5-3-4-6-15(14)24-2/h3-6,9-10,16,22-23H,7-8,11-12H2,1-2H3/t16-,18-/m0/s1. The van der Waals surface area contributed by atoms with Crippen LogP contribution in [0.3, 0.4) is 0 Å². The van der Waals surface area contributed by atoms with Crippen molar-refractivity contribution in [1.82, 2.24) is 14.9 Å². The van der Waals surface area contributed by atoms with E-state index in [4.69, 9.17) is 4.74 Å². The molecule has 1 aliphatic rings. The number of piperidine rings is 1. The van der Waals surface area contributed by atoms with Crippen molar-refractivity contribution in [3.8, 4) is 17.1 Å². The highest BCUT2D eigenvalue weighted by molar-refractivity contribution is 5.63. The zero-order chi connectivity index (χ0) is 17.2. The minimum absolute atomic E-state index is 0.446. The second-order valence-corrected chi connectivity index (χ2v) is 6.47. The summed E-state index contributed by atoms with van der Waals surface area (Å²) in [5, 5.41) is 20.0.